The van der Waals surface area contributed by atoms with Crippen molar-refractivity contribution in [2.24, 2.45) is 0 Å². The van der Waals surface area contributed by atoms with E-state index in [1.807, 2.05) is 11.4 Å². The number of rotatable bonds is 3. The van der Waals surface area contributed by atoms with Gasteiger partial charge in [0.1, 0.15) is 0 Å². The minimum Gasteiger partial charge on any atom is -0.306 e. The monoisotopic (exact) mass is 259 g/mol. The second kappa shape index (κ2) is 4.85. The van der Waals surface area contributed by atoms with E-state index in [1.54, 1.807) is 11.3 Å². The van der Waals surface area contributed by atoms with E-state index in [-0.39, 0.29) is 12.1 Å². The molecule has 90 valence electrons. The van der Waals surface area contributed by atoms with Gasteiger partial charge in [0.2, 0.25) is 0 Å². The molecule has 0 amide bonds. The molecule has 1 aromatic heterocycles. The molecule has 0 radical (unpaired) electrons. The predicted octanol–water partition coefficient (Wildman–Crippen LogP) is 1.98. The molecule has 0 bridgehead atoms. The smallest absolute Gasteiger partial charge is 0.151 e. The van der Waals surface area contributed by atoms with Crippen LogP contribution in [0.25, 0.3) is 0 Å². The molecule has 0 aromatic carbocycles. The van der Waals surface area contributed by atoms with E-state index in [0.29, 0.717) is 11.5 Å². The molecule has 1 aliphatic heterocycles. The summed E-state index contributed by atoms with van der Waals surface area (Å²) in [6.07, 6.45) is 1.76. The quantitative estimate of drug-likeness (QED) is 0.903. The van der Waals surface area contributed by atoms with E-state index in [1.165, 1.54) is 4.88 Å². The van der Waals surface area contributed by atoms with Gasteiger partial charge in [-0.3, -0.25) is 0 Å². The molecule has 5 heteroatoms. The highest BCUT2D eigenvalue weighted by Gasteiger charge is 2.25. The first-order chi connectivity index (χ1) is 7.57. The van der Waals surface area contributed by atoms with Gasteiger partial charge in [0, 0.05) is 17.0 Å². The zero-order valence-corrected chi connectivity index (χ0v) is 11.0. The van der Waals surface area contributed by atoms with Crippen LogP contribution < -0.4 is 5.32 Å². The molecule has 1 aliphatic rings. The summed E-state index contributed by atoms with van der Waals surface area (Å²) in [5.74, 6) is 0.654. The summed E-state index contributed by atoms with van der Waals surface area (Å²) in [6.45, 7) is 2.09. The van der Waals surface area contributed by atoms with Gasteiger partial charge in [-0.25, -0.2) is 8.42 Å². The summed E-state index contributed by atoms with van der Waals surface area (Å²) >= 11 is 1.71. The van der Waals surface area contributed by atoms with Crippen molar-refractivity contribution in [3.05, 3.63) is 22.4 Å². The van der Waals surface area contributed by atoms with Crippen LogP contribution in [0.15, 0.2) is 17.5 Å². The molecule has 16 heavy (non-hydrogen) atoms. The molecule has 3 nitrogen and oxygen atoms in total. The van der Waals surface area contributed by atoms with Crippen molar-refractivity contribution in [2.75, 3.05) is 11.5 Å². The van der Waals surface area contributed by atoms with Crippen molar-refractivity contribution in [3.63, 3.8) is 0 Å². The first-order valence-corrected chi connectivity index (χ1v) is 8.27. The van der Waals surface area contributed by atoms with Crippen LogP contribution in [0, 0.1) is 0 Å². The molecule has 1 fully saturated rings. The van der Waals surface area contributed by atoms with Crippen molar-refractivity contribution < 1.29 is 8.42 Å². The minimum absolute atomic E-state index is 0.121. The van der Waals surface area contributed by atoms with Crippen molar-refractivity contribution >= 4 is 21.2 Å². The molecule has 1 N–H and O–H groups in total. The predicted molar refractivity (Wildman–Crippen MR) is 67.5 cm³/mol. The minimum atomic E-state index is -2.81. The molecular formula is C11H17NO2S2. The number of hydrogen-bond donors (Lipinski definition) is 1. The Morgan fingerprint density at radius 3 is 3.00 bits per heavy atom. The van der Waals surface area contributed by atoms with Crippen molar-refractivity contribution in [2.45, 2.75) is 31.8 Å². The second-order valence-electron chi connectivity index (χ2n) is 4.36. The zero-order chi connectivity index (χ0) is 11.6. The van der Waals surface area contributed by atoms with Crippen LogP contribution in [-0.2, 0) is 9.84 Å². The third kappa shape index (κ3) is 3.06. The van der Waals surface area contributed by atoms with Crippen LogP contribution in [-0.4, -0.2) is 26.0 Å². The van der Waals surface area contributed by atoms with Crippen LogP contribution >= 0.6 is 11.3 Å². The fraction of sp³-hybridized carbons (Fsp3) is 0.636. The number of nitrogens with one attached hydrogen (secondary N) is 1. The maximum atomic E-state index is 11.5. The average Bonchev–Trinajstić information content (AvgIpc) is 2.68. The van der Waals surface area contributed by atoms with E-state index < -0.39 is 9.84 Å². The van der Waals surface area contributed by atoms with E-state index in [0.717, 1.165) is 12.8 Å². The van der Waals surface area contributed by atoms with Crippen LogP contribution in [0.3, 0.4) is 0 Å². The van der Waals surface area contributed by atoms with Gasteiger partial charge >= 0.3 is 0 Å². The molecule has 0 aliphatic carbocycles. The Balaban J connectivity index is 1.95. The van der Waals surface area contributed by atoms with E-state index in [4.69, 9.17) is 0 Å². The van der Waals surface area contributed by atoms with Crippen LogP contribution in [0.4, 0.5) is 0 Å². The first kappa shape index (κ1) is 12.1. The van der Waals surface area contributed by atoms with E-state index >= 15 is 0 Å². The van der Waals surface area contributed by atoms with Gasteiger partial charge in [-0.15, -0.1) is 11.3 Å². The maximum absolute atomic E-state index is 11.5. The summed E-state index contributed by atoms with van der Waals surface area (Å²) in [4.78, 5) is 1.27. The Kier molecular flexibility index (Phi) is 3.66. The molecule has 0 spiro atoms. The Bertz CT molecular complexity index is 425. The lowest BCUT2D eigenvalue weighted by molar-refractivity contribution is 0.440. The van der Waals surface area contributed by atoms with Gasteiger partial charge in [-0.1, -0.05) is 6.07 Å². The summed E-state index contributed by atoms with van der Waals surface area (Å²) in [6, 6.07) is 4.48. The lowest BCUT2D eigenvalue weighted by Crippen LogP contribution is -2.41. The van der Waals surface area contributed by atoms with E-state index in [2.05, 4.69) is 18.3 Å². The third-order valence-corrected chi connectivity index (χ3v) is 5.79. The summed E-state index contributed by atoms with van der Waals surface area (Å²) < 4.78 is 23.0. The maximum Gasteiger partial charge on any atom is 0.151 e. The average molecular weight is 259 g/mol. The first-order valence-electron chi connectivity index (χ1n) is 5.57. The van der Waals surface area contributed by atoms with Gasteiger partial charge in [-0.2, -0.15) is 0 Å². The van der Waals surface area contributed by atoms with Gasteiger partial charge in [0.15, 0.2) is 9.84 Å². The molecule has 2 atom stereocenters. The highest BCUT2D eigenvalue weighted by molar-refractivity contribution is 7.91. The Morgan fingerprint density at radius 2 is 2.38 bits per heavy atom. The number of sulfone groups is 1. The second-order valence-corrected chi connectivity index (χ2v) is 7.57. The number of thiophene rings is 1. The standard InChI is InChI=1S/C11H17NO2S2/c1-9(11-5-2-6-15-11)12-10-4-3-7-16(13,14)8-10/h2,5-6,9-10,12H,3-4,7-8H2,1H3/t9-,10?/m1/s1. The van der Waals surface area contributed by atoms with Crippen LogP contribution in [0.2, 0.25) is 0 Å². The van der Waals surface area contributed by atoms with Gasteiger partial charge in [0.25, 0.3) is 0 Å². The molecule has 2 heterocycles. The Morgan fingerprint density at radius 1 is 1.56 bits per heavy atom. The largest absolute Gasteiger partial charge is 0.306 e. The molecule has 0 saturated carbocycles. The lowest BCUT2D eigenvalue weighted by Gasteiger charge is -2.26. The fourth-order valence-electron chi connectivity index (χ4n) is 2.13. The van der Waals surface area contributed by atoms with Gasteiger partial charge < -0.3 is 5.32 Å². The zero-order valence-electron chi connectivity index (χ0n) is 9.35. The molecule has 1 saturated heterocycles. The van der Waals surface area contributed by atoms with Gasteiger partial charge in [0.05, 0.1) is 11.5 Å². The fourth-order valence-corrected chi connectivity index (χ4v) is 4.52. The molecular weight excluding hydrogens is 242 g/mol. The van der Waals surface area contributed by atoms with Crippen LogP contribution in [0.1, 0.15) is 30.7 Å². The summed E-state index contributed by atoms with van der Waals surface area (Å²) in [5.41, 5.74) is 0. The normalized spacial score (nSPS) is 26.4. The highest BCUT2D eigenvalue weighted by Crippen LogP contribution is 2.21. The summed E-state index contributed by atoms with van der Waals surface area (Å²) in [7, 11) is -2.81. The Labute approximate surface area is 101 Å². The third-order valence-electron chi connectivity index (χ3n) is 2.92. The SMILES string of the molecule is C[C@@H](NC1CCCS(=O)(=O)C1)c1cccs1. The van der Waals surface area contributed by atoms with Gasteiger partial charge in [-0.05, 0) is 31.2 Å². The summed E-state index contributed by atoms with van der Waals surface area (Å²) in [5, 5.41) is 5.45. The van der Waals surface area contributed by atoms with E-state index in [9.17, 15) is 8.42 Å². The highest BCUT2D eigenvalue weighted by atomic mass is 32.2. The molecule has 1 unspecified atom stereocenters. The van der Waals surface area contributed by atoms with Crippen molar-refractivity contribution in [1.29, 1.82) is 0 Å². The van der Waals surface area contributed by atoms with Crippen molar-refractivity contribution in [1.82, 2.24) is 5.32 Å². The van der Waals surface area contributed by atoms with Crippen LogP contribution in [0.5, 0.6) is 0 Å². The number of hydrogen-bond acceptors (Lipinski definition) is 4. The Hall–Kier alpha value is -0.390. The molecule has 2 rings (SSSR count). The molecule has 1 aromatic rings. The lowest BCUT2D eigenvalue weighted by atomic mass is 10.1. The van der Waals surface area contributed by atoms with Crippen molar-refractivity contribution in [3.8, 4) is 0 Å². The topological polar surface area (TPSA) is 46.2 Å².